The zero-order valence-corrected chi connectivity index (χ0v) is 14.9. The summed E-state index contributed by atoms with van der Waals surface area (Å²) in [5.41, 5.74) is 1.89. The summed E-state index contributed by atoms with van der Waals surface area (Å²) >= 11 is 5.87. The van der Waals surface area contributed by atoms with Gasteiger partial charge in [-0.3, -0.25) is 9.59 Å². The van der Waals surface area contributed by atoms with E-state index in [1.54, 1.807) is 63.2 Å². The lowest BCUT2D eigenvalue weighted by Gasteiger charge is -2.11. The van der Waals surface area contributed by atoms with Crippen molar-refractivity contribution in [3.05, 3.63) is 63.9 Å². The molecule has 0 aliphatic carbocycles. The molecule has 0 aromatic heterocycles. The van der Waals surface area contributed by atoms with E-state index in [1.807, 2.05) is 0 Å². The Balaban J connectivity index is 1.92. The van der Waals surface area contributed by atoms with Crippen molar-refractivity contribution >= 4 is 29.4 Å². The fourth-order valence-corrected chi connectivity index (χ4v) is 2.54. The second kappa shape index (κ2) is 6.73. The molecule has 0 bridgehead atoms. The summed E-state index contributed by atoms with van der Waals surface area (Å²) < 4.78 is 11.1. The summed E-state index contributed by atoms with van der Waals surface area (Å²) in [6.07, 6.45) is 1.66. The predicted molar refractivity (Wildman–Crippen MR) is 96.0 cm³/mol. The van der Waals surface area contributed by atoms with Crippen LogP contribution in [0.25, 0.3) is 6.08 Å². The average molecular weight is 357 g/mol. The molecule has 0 radical (unpaired) electrons. The van der Waals surface area contributed by atoms with Gasteiger partial charge in [0.2, 0.25) is 5.78 Å². The number of hydrogen-bond acceptors (Lipinski definition) is 4. The van der Waals surface area contributed by atoms with E-state index in [1.165, 1.54) is 0 Å². The molecule has 0 unspecified atom stereocenters. The van der Waals surface area contributed by atoms with Crippen LogP contribution in [-0.4, -0.2) is 11.8 Å². The zero-order chi connectivity index (χ0) is 18.1. The summed E-state index contributed by atoms with van der Waals surface area (Å²) in [4.78, 5) is 24.3. The first-order chi connectivity index (χ1) is 11.9. The number of ether oxygens (including phenoxy) is 2. The highest BCUT2D eigenvalue weighted by atomic mass is 35.5. The van der Waals surface area contributed by atoms with E-state index in [9.17, 15) is 9.59 Å². The Hall–Kier alpha value is -2.59. The molecule has 2 aromatic rings. The number of Topliss-reactive ketones (excluding diaryl/α,β-unsaturated/α-hetero) is 1. The third kappa shape index (κ3) is 3.44. The van der Waals surface area contributed by atoms with Gasteiger partial charge >= 0.3 is 5.97 Å². The average Bonchev–Trinajstić information content (AvgIpc) is 2.89. The van der Waals surface area contributed by atoms with Crippen molar-refractivity contribution in [3.63, 3.8) is 0 Å². The second-order valence-corrected chi connectivity index (χ2v) is 6.57. The molecule has 0 fully saturated rings. The number of benzene rings is 2. The molecule has 0 amide bonds. The van der Waals surface area contributed by atoms with E-state index in [0.717, 1.165) is 5.56 Å². The smallest absolute Gasteiger partial charge is 0.313 e. The number of carbonyl (C=O) groups excluding carboxylic acids is 2. The van der Waals surface area contributed by atoms with Gasteiger partial charge in [0.1, 0.15) is 11.5 Å². The van der Waals surface area contributed by atoms with Gasteiger partial charge in [-0.2, -0.15) is 0 Å². The Morgan fingerprint density at radius 3 is 2.48 bits per heavy atom. The molecule has 1 aliphatic heterocycles. The molecule has 0 N–H and O–H groups in total. The summed E-state index contributed by atoms with van der Waals surface area (Å²) in [5.74, 6) is 0.291. The van der Waals surface area contributed by atoms with Gasteiger partial charge in [0.05, 0.1) is 11.5 Å². The molecule has 25 heavy (non-hydrogen) atoms. The van der Waals surface area contributed by atoms with Crippen LogP contribution in [0.5, 0.6) is 11.5 Å². The summed E-state index contributed by atoms with van der Waals surface area (Å²) in [5, 5.41) is 0.622. The topological polar surface area (TPSA) is 52.6 Å². The van der Waals surface area contributed by atoms with Gasteiger partial charge < -0.3 is 9.47 Å². The van der Waals surface area contributed by atoms with Gasteiger partial charge in [-0.05, 0) is 42.8 Å². The lowest BCUT2D eigenvalue weighted by atomic mass is 10.1. The van der Waals surface area contributed by atoms with Crippen molar-refractivity contribution in [3.8, 4) is 11.5 Å². The fraction of sp³-hybridized carbons (Fsp3) is 0.200. The molecule has 1 heterocycles. The molecule has 1 aliphatic rings. The maximum Gasteiger partial charge on any atom is 0.313 e. The molecule has 5 heteroatoms. The lowest BCUT2D eigenvalue weighted by molar-refractivity contribution is -0.137. The minimum atomic E-state index is -0.329. The highest BCUT2D eigenvalue weighted by Crippen LogP contribution is 2.39. The molecule has 0 atom stereocenters. The maximum atomic E-state index is 12.5. The van der Waals surface area contributed by atoms with Crippen LogP contribution in [0.2, 0.25) is 5.02 Å². The minimum Gasteiger partial charge on any atom is -0.452 e. The third-order valence-electron chi connectivity index (χ3n) is 3.89. The number of halogens is 1. The van der Waals surface area contributed by atoms with Crippen LogP contribution in [0.1, 0.15) is 35.3 Å². The van der Waals surface area contributed by atoms with Crippen LogP contribution in [0.15, 0.2) is 42.2 Å². The van der Waals surface area contributed by atoms with Gasteiger partial charge in [-0.25, -0.2) is 0 Å². The highest BCUT2D eigenvalue weighted by Gasteiger charge is 2.30. The Bertz CT molecular complexity index is 879. The second-order valence-electron chi connectivity index (χ2n) is 6.13. The zero-order valence-electron chi connectivity index (χ0n) is 14.1. The Labute approximate surface area is 151 Å². The largest absolute Gasteiger partial charge is 0.452 e. The number of esters is 1. The van der Waals surface area contributed by atoms with Crippen molar-refractivity contribution in [2.24, 2.45) is 5.92 Å². The van der Waals surface area contributed by atoms with Crippen LogP contribution in [-0.2, 0) is 4.79 Å². The lowest BCUT2D eigenvalue weighted by Crippen LogP contribution is -2.15. The van der Waals surface area contributed by atoms with Crippen molar-refractivity contribution in [2.45, 2.75) is 20.8 Å². The molecule has 128 valence electrons. The van der Waals surface area contributed by atoms with Crippen molar-refractivity contribution in [1.82, 2.24) is 0 Å². The van der Waals surface area contributed by atoms with Crippen LogP contribution in [0.4, 0.5) is 0 Å². The third-order valence-corrected chi connectivity index (χ3v) is 4.14. The number of rotatable bonds is 3. The molecule has 4 nitrogen and oxygen atoms in total. The monoisotopic (exact) mass is 356 g/mol. The van der Waals surface area contributed by atoms with Gasteiger partial charge in [-0.15, -0.1) is 0 Å². The standard InChI is InChI=1S/C20H17ClO4/c1-11(2)20(23)25-16-9-8-15-18(22)17(24-19(15)12(16)3)10-13-4-6-14(21)7-5-13/h4-11H,1-3H3/b17-10-. The van der Waals surface area contributed by atoms with E-state index in [-0.39, 0.29) is 23.4 Å². The predicted octanol–water partition coefficient (Wildman–Crippen LogP) is 4.83. The van der Waals surface area contributed by atoms with E-state index in [0.29, 0.717) is 27.6 Å². The number of fused-ring (bicyclic) bond motifs is 1. The van der Waals surface area contributed by atoms with Gasteiger partial charge in [0.15, 0.2) is 5.76 Å². The molecule has 2 aromatic carbocycles. The van der Waals surface area contributed by atoms with E-state index in [4.69, 9.17) is 21.1 Å². The summed E-state index contributed by atoms with van der Waals surface area (Å²) in [7, 11) is 0. The maximum absolute atomic E-state index is 12.5. The normalized spacial score (nSPS) is 14.6. The first kappa shape index (κ1) is 17.2. The van der Waals surface area contributed by atoms with Crippen LogP contribution in [0, 0.1) is 12.8 Å². The summed E-state index contributed by atoms with van der Waals surface area (Å²) in [6, 6.07) is 10.3. The van der Waals surface area contributed by atoms with Gasteiger partial charge in [-0.1, -0.05) is 37.6 Å². The first-order valence-corrected chi connectivity index (χ1v) is 8.29. The Morgan fingerprint density at radius 2 is 1.84 bits per heavy atom. The molecular formula is C20H17ClO4. The molecule has 3 rings (SSSR count). The van der Waals surface area contributed by atoms with E-state index < -0.39 is 0 Å². The SMILES string of the molecule is Cc1c(OC(=O)C(C)C)ccc2c1O/C(=C\c1ccc(Cl)cc1)C2=O. The molecular weight excluding hydrogens is 340 g/mol. The van der Waals surface area contributed by atoms with E-state index >= 15 is 0 Å². The van der Waals surface area contributed by atoms with Crippen molar-refractivity contribution < 1.29 is 19.1 Å². The van der Waals surface area contributed by atoms with Crippen LogP contribution < -0.4 is 9.47 Å². The van der Waals surface area contributed by atoms with Gasteiger partial charge in [0, 0.05) is 10.6 Å². The number of allylic oxidation sites excluding steroid dienone is 1. The highest BCUT2D eigenvalue weighted by molar-refractivity contribution is 6.30. The molecule has 0 saturated carbocycles. The summed E-state index contributed by atoms with van der Waals surface area (Å²) in [6.45, 7) is 5.29. The molecule has 0 spiro atoms. The van der Waals surface area contributed by atoms with E-state index in [2.05, 4.69) is 0 Å². The quantitative estimate of drug-likeness (QED) is 0.449. The van der Waals surface area contributed by atoms with Crippen molar-refractivity contribution in [1.29, 1.82) is 0 Å². The molecule has 0 saturated heterocycles. The first-order valence-electron chi connectivity index (χ1n) is 7.92. The van der Waals surface area contributed by atoms with Gasteiger partial charge in [0.25, 0.3) is 0 Å². The van der Waals surface area contributed by atoms with Crippen LogP contribution in [0.3, 0.4) is 0 Å². The fourth-order valence-electron chi connectivity index (χ4n) is 2.42. The minimum absolute atomic E-state index is 0.199. The Kier molecular flexibility index (Phi) is 4.64. The van der Waals surface area contributed by atoms with Crippen molar-refractivity contribution in [2.75, 3.05) is 0 Å². The number of carbonyl (C=O) groups is 2. The Morgan fingerprint density at radius 1 is 1.16 bits per heavy atom. The number of ketones is 1. The van der Waals surface area contributed by atoms with Crippen LogP contribution >= 0.6 is 11.6 Å². The number of hydrogen-bond donors (Lipinski definition) is 0.